The predicted molar refractivity (Wildman–Crippen MR) is 88.9 cm³/mol. The molecule has 0 fully saturated rings. The summed E-state index contributed by atoms with van der Waals surface area (Å²) in [6, 6.07) is 4.19. The second-order valence-electron chi connectivity index (χ2n) is 5.92. The first-order chi connectivity index (χ1) is 11.4. The summed E-state index contributed by atoms with van der Waals surface area (Å²) in [5, 5.41) is 0. The van der Waals surface area contributed by atoms with Gasteiger partial charge in [0.15, 0.2) is 0 Å². The van der Waals surface area contributed by atoms with Crippen molar-refractivity contribution in [1.82, 2.24) is 4.98 Å². The van der Waals surface area contributed by atoms with E-state index in [1.807, 2.05) is 19.9 Å². The van der Waals surface area contributed by atoms with E-state index in [0.717, 1.165) is 11.6 Å². The molecule has 5 heteroatoms. The van der Waals surface area contributed by atoms with Gasteiger partial charge in [0.25, 0.3) is 0 Å². The molecule has 1 atom stereocenters. The molecule has 126 valence electrons. The van der Waals surface area contributed by atoms with E-state index in [4.69, 9.17) is 9.47 Å². The summed E-state index contributed by atoms with van der Waals surface area (Å²) in [6.45, 7) is 10.3. The van der Waals surface area contributed by atoms with E-state index < -0.39 is 11.6 Å². The van der Waals surface area contributed by atoms with E-state index in [1.54, 1.807) is 6.92 Å². The lowest BCUT2D eigenvalue weighted by Crippen LogP contribution is -2.00. The number of hydrogen-bond acceptors (Lipinski definition) is 3. The van der Waals surface area contributed by atoms with Crippen molar-refractivity contribution in [2.75, 3.05) is 13.2 Å². The van der Waals surface area contributed by atoms with Crippen LogP contribution in [0.3, 0.4) is 0 Å². The highest BCUT2D eigenvalue weighted by Gasteiger charge is 2.28. The summed E-state index contributed by atoms with van der Waals surface area (Å²) in [4.78, 5) is 4.49. The van der Waals surface area contributed by atoms with Crippen LogP contribution in [0.1, 0.15) is 36.6 Å². The summed E-state index contributed by atoms with van der Waals surface area (Å²) < 4.78 is 39.1. The first-order valence-corrected chi connectivity index (χ1v) is 7.88. The molecule has 0 bridgehead atoms. The highest BCUT2D eigenvalue weighted by molar-refractivity contribution is 5.73. The Morgan fingerprint density at radius 1 is 1.33 bits per heavy atom. The average molecular weight is 331 g/mol. The van der Waals surface area contributed by atoms with Crippen molar-refractivity contribution in [2.45, 2.75) is 26.7 Å². The monoisotopic (exact) mass is 331 g/mol. The van der Waals surface area contributed by atoms with E-state index in [0.29, 0.717) is 41.7 Å². The fourth-order valence-electron chi connectivity index (χ4n) is 2.78. The van der Waals surface area contributed by atoms with Crippen molar-refractivity contribution in [1.29, 1.82) is 0 Å². The highest BCUT2D eigenvalue weighted by Crippen LogP contribution is 2.42. The maximum Gasteiger partial charge on any atom is 0.149 e. The van der Waals surface area contributed by atoms with Crippen LogP contribution >= 0.6 is 0 Å². The quantitative estimate of drug-likeness (QED) is 0.751. The maximum absolute atomic E-state index is 14.4. The summed E-state index contributed by atoms with van der Waals surface area (Å²) in [5.74, 6) is -0.146. The van der Waals surface area contributed by atoms with Crippen molar-refractivity contribution in [2.24, 2.45) is 0 Å². The summed E-state index contributed by atoms with van der Waals surface area (Å²) >= 11 is 0. The molecule has 0 radical (unpaired) electrons. The Balaban J connectivity index is 2.22. The molecular weight excluding hydrogens is 312 g/mol. The molecule has 0 spiro atoms. The van der Waals surface area contributed by atoms with Crippen LogP contribution in [0.15, 0.2) is 24.8 Å². The fourth-order valence-corrected chi connectivity index (χ4v) is 2.78. The third-order valence-electron chi connectivity index (χ3n) is 4.12. The number of fused-ring (bicyclic) bond motifs is 1. The Bertz CT molecular complexity index is 817. The minimum absolute atomic E-state index is 0.152. The zero-order chi connectivity index (χ0) is 17.4. The van der Waals surface area contributed by atoms with Crippen molar-refractivity contribution >= 4 is 5.76 Å². The lowest BCUT2D eigenvalue weighted by Gasteiger charge is -2.14. The Kier molecular flexibility index (Phi) is 4.26. The zero-order valence-electron chi connectivity index (χ0n) is 14.0. The van der Waals surface area contributed by atoms with Crippen LogP contribution < -0.4 is 4.74 Å². The molecular formula is C19H19F2NO2. The molecule has 0 saturated carbocycles. The van der Waals surface area contributed by atoms with Crippen LogP contribution in [0, 0.1) is 18.6 Å². The fraction of sp³-hybridized carbons (Fsp3) is 0.316. The highest BCUT2D eigenvalue weighted by atomic mass is 19.1. The first-order valence-electron chi connectivity index (χ1n) is 7.88. The van der Waals surface area contributed by atoms with Gasteiger partial charge in [-0.1, -0.05) is 13.5 Å². The van der Waals surface area contributed by atoms with Crippen LogP contribution in [0.2, 0.25) is 0 Å². The van der Waals surface area contributed by atoms with Gasteiger partial charge in [0, 0.05) is 23.1 Å². The number of nitrogens with zero attached hydrogens (tertiary/aromatic N) is 1. The van der Waals surface area contributed by atoms with E-state index in [1.165, 1.54) is 6.07 Å². The lowest BCUT2D eigenvalue weighted by molar-refractivity contribution is 0.297. The summed E-state index contributed by atoms with van der Waals surface area (Å²) in [5.41, 5.74) is 2.38. The number of ether oxygens (including phenoxy) is 2. The number of benzene rings is 1. The minimum atomic E-state index is -0.671. The lowest BCUT2D eigenvalue weighted by atomic mass is 9.98. The largest absolute Gasteiger partial charge is 0.492 e. The van der Waals surface area contributed by atoms with Crippen LogP contribution in [-0.2, 0) is 4.74 Å². The molecule has 24 heavy (non-hydrogen) atoms. The average Bonchev–Trinajstić information content (AvgIpc) is 2.92. The Morgan fingerprint density at radius 3 is 2.79 bits per heavy atom. The number of aromatic nitrogens is 1. The third kappa shape index (κ3) is 2.75. The molecule has 1 aliphatic rings. The number of hydrogen-bond donors (Lipinski definition) is 0. The van der Waals surface area contributed by atoms with Crippen molar-refractivity contribution < 1.29 is 18.3 Å². The third-order valence-corrected chi connectivity index (χ3v) is 4.12. The molecule has 3 nitrogen and oxygen atoms in total. The van der Waals surface area contributed by atoms with Gasteiger partial charge in [0.05, 0.1) is 13.2 Å². The van der Waals surface area contributed by atoms with Crippen molar-refractivity contribution in [3.63, 3.8) is 0 Å². The second-order valence-corrected chi connectivity index (χ2v) is 5.92. The standard InChI is InChI=1S/C19H19F2NO2/c1-5-23-12(4)17-7-13-11(3)9-24-19(13)18(22-17)14-6-10(2)15(20)8-16(14)21/h6-8,11H,4-5,9H2,1-3H3. The van der Waals surface area contributed by atoms with Gasteiger partial charge in [-0.05, 0) is 31.5 Å². The van der Waals surface area contributed by atoms with Crippen LogP contribution in [-0.4, -0.2) is 18.2 Å². The molecule has 1 aromatic carbocycles. The first kappa shape index (κ1) is 16.4. The Hall–Kier alpha value is -2.43. The molecule has 1 unspecified atom stereocenters. The Labute approximate surface area is 139 Å². The predicted octanol–water partition coefficient (Wildman–Crippen LogP) is 4.84. The molecule has 0 N–H and O–H groups in total. The smallest absolute Gasteiger partial charge is 0.149 e. The van der Waals surface area contributed by atoms with Crippen LogP contribution in [0.4, 0.5) is 8.78 Å². The topological polar surface area (TPSA) is 31.4 Å². The molecule has 0 saturated heterocycles. The number of pyridine rings is 1. The Morgan fingerprint density at radius 2 is 2.08 bits per heavy atom. The van der Waals surface area contributed by atoms with E-state index in [-0.39, 0.29) is 11.5 Å². The van der Waals surface area contributed by atoms with Gasteiger partial charge in [0.1, 0.15) is 34.5 Å². The van der Waals surface area contributed by atoms with E-state index >= 15 is 0 Å². The van der Waals surface area contributed by atoms with Gasteiger partial charge in [0.2, 0.25) is 0 Å². The number of halogens is 2. The SMILES string of the molecule is C=C(OCC)c1cc2c(c(-c3cc(C)c(F)cc3F)n1)OCC2C. The maximum atomic E-state index is 14.4. The molecule has 3 rings (SSSR count). The normalized spacial score (nSPS) is 15.8. The van der Waals surface area contributed by atoms with Gasteiger partial charge >= 0.3 is 0 Å². The molecule has 0 amide bonds. The van der Waals surface area contributed by atoms with Crippen molar-refractivity contribution in [3.8, 4) is 17.0 Å². The van der Waals surface area contributed by atoms with Gasteiger partial charge in [-0.3, -0.25) is 0 Å². The van der Waals surface area contributed by atoms with Gasteiger partial charge < -0.3 is 9.47 Å². The van der Waals surface area contributed by atoms with Crippen molar-refractivity contribution in [3.05, 3.63) is 53.2 Å². The summed E-state index contributed by atoms with van der Waals surface area (Å²) in [7, 11) is 0. The molecule has 2 heterocycles. The van der Waals surface area contributed by atoms with Gasteiger partial charge in [-0.25, -0.2) is 13.8 Å². The second kappa shape index (κ2) is 6.23. The number of rotatable bonds is 4. The van der Waals surface area contributed by atoms with Crippen LogP contribution in [0.25, 0.3) is 17.0 Å². The molecule has 0 aliphatic carbocycles. The molecule has 1 aromatic heterocycles. The zero-order valence-corrected chi connectivity index (χ0v) is 14.0. The molecule has 1 aliphatic heterocycles. The summed E-state index contributed by atoms with van der Waals surface area (Å²) in [6.07, 6.45) is 0. The van der Waals surface area contributed by atoms with Crippen LogP contribution in [0.5, 0.6) is 5.75 Å². The molecule has 2 aromatic rings. The van der Waals surface area contributed by atoms with Gasteiger partial charge in [-0.2, -0.15) is 0 Å². The minimum Gasteiger partial charge on any atom is -0.492 e. The van der Waals surface area contributed by atoms with E-state index in [2.05, 4.69) is 11.6 Å². The van der Waals surface area contributed by atoms with Gasteiger partial charge in [-0.15, -0.1) is 0 Å². The van der Waals surface area contributed by atoms with E-state index in [9.17, 15) is 8.78 Å². The number of aryl methyl sites for hydroxylation is 1.